The zero-order chi connectivity index (χ0) is 25.4. The third kappa shape index (κ3) is 3.93. The number of nitrogen functional groups attached to an aromatic ring is 1. The van der Waals surface area contributed by atoms with Crippen molar-refractivity contribution in [2.75, 3.05) is 12.8 Å². The van der Waals surface area contributed by atoms with Crippen molar-refractivity contribution in [1.82, 2.24) is 24.3 Å². The van der Waals surface area contributed by atoms with Gasteiger partial charge in [0.1, 0.15) is 29.7 Å². The van der Waals surface area contributed by atoms with Gasteiger partial charge in [0.15, 0.2) is 5.65 Å². The maximum Gasteiger partial charge on any atom is 0.263 e. The highest BCUT2D eigenvalue weighted by Crippen LogP contribution is 2.27. The largest absolute Gasteiger partial charge is 0.495 e. The van der Waals surface area contributed by atoms with Gasteiger partial charge in [-0.05, 0) is 48.9 Å². The molecule has 0 aliphatic carbocycles. The second kappa shape index (κ2) is 9.17. The highest BCUT2D eigenvalue weighted by Gasteiger charge is 2.19. The minimum Gasteiger partial charge on any atom is -0.495 e. The van der Waals surface area contributed by atoms with Crippen LogP contribution in [0, 0.1) is 18.8 Å². The average molecular weight is 481 g/mol. The van der Waals surface area contributed by atoms with E-state index in [9.17, 15) is 9.90 Å². The van der Waals surface area contributed by atoms with Crippen LogP contribution in [0.3, 0.4) is 0 Å². The first-order valence-corrected chi connectivity index (χ1v) is 11.3. The number of aryl methyl sites for hydroxylation is 1. The molecule has 5 aromatic rings. The Balaban J connectivity index is 1.79. The van der Waals surface area contributed by atoms with Gasteiger partial charge in [-0.3, -0.25) is 9.36 Å². The van der Waals surface area contributed by atoms with Crippen LogP contribution in [0.4, 0.5) is 5.82 Å². The van der Waals surface area contributed by atoms with E-state index in [1.54, 1.807) is 23.3 Å². The molecule has 0 aliphatic rings. The quantitative estimate of drug-likeness (QED) is 0.380. The maximum atomic E-state index is 13.9. The number of hydrogen-bond acceptors (Lipinski definition) is 7. The first-order chi connectivity index (χ1) is 17.4. The Morgan fingerprint density at radius 2 is 1.94 bits per heavy atom. The van der Waals surface area contributed by atoms with E-state index in [2.05, 4.69) is 26.9 Å². The predicted octanol–water partition coefficient (Wildman–Crippen LogP) is 2.81. The van der Waals surface area contributed by atoms with Crippen molar-refractivity contribution in [2.45, 2.75) is 26.5 Å². The smallest absolute Gasteiger partial charge is 0.263 e. The summed E-state index contributed by atoms with van der Waals surface area (Å²) in [7, 11) is 1.57. The molecule has 0 saturated heterocycles. The summed E-state index contributed by atoms with van der Waals surface area (Å²) in [4.78, 5) is 22.4. The van der Waals surface area contributed by atoms with Gasteiger partial charge in [-0.15, -0.1) is 0 Å². The van der Waals surface area contributed by atoms with Gasteiger partial charge >= 0.3 is 0 Å². The van der Waals surface area contributed by atoms with Crippen molar-refractivity contribution in [3.05, 3.63) is 82.2 Å². The standard InChI is InChI=1S/C27H24N6O3/c1-16-7-6-8-18-13-19(33(27(35)23(16)18)21-9-4-5-10-22(21)36-3)14-32-26-24(25(28)29-15-30-26)20(31-32)12-11-17(2)34/h4-10,13,15,17,34H,14H2,1-3H3,(H2,28,29,30)/t17-/m1/s1. The van der Waals surface area contributed by atoms with Crippen LogP contribution >= 0.6 is 0 Å². The summed E-state index contributed by atoms with van der Waals surface area (Å²) in [6.45, 7) is 3.68. The molecule has 3 N–H and O–H groups in total. The number of aromatic nitrogens is 5. The summed E-state index contributed by atoms with van der Waals surface area (Å²) in [5.41, 5.74) is 8.97. The molecule has 2 aromatic carbocycles. The van der Waals surface area contributed by atoms with E-state index in [4.69, 9.17) is 10.5 Å². The molecule has 36 heavy (non-hydrogen) atoms. The Hall–Kier alpha value is -4.68. The lowest BCUT2D eigenvalue weighted by Crippen LogP contribution is -2.25. The van der Waals surface area contributed by atoms with Crippen molar-refractivity contribution < 1.29 is 9.84 Å². The molecule has 0 unspecified atom stereocenters. The highest BCUT2D eigenvalue weighted by atomic mass is 16.5. The second-order valence-electron chi connectivity index (χ2n) is 8.40. The Morgan fingerprint density at radius 3 is 2.72 bits per heavy atom. The van der Waals surface area contributed by atoms with Crippen molar-refractivity contribution in [2.24, 2.45) is 0 Å². The lowest BCUT2D eigenvalue weighted by Gasteiger charge is -2.18. The lowest BCUT2D eigenvalue weighted by atomic mass is 10.1. The van der Waals surface area contributed by atoms with E-state index in [-0.39, 0.29) is 17.9 Å². The van der Waals surface area contributed by atoms with Gasteiger partial charge in [0.05, 0.1) is 30.1 Å². The van der Waals surface area contributed by atoms with E-state index in [1.165, 1.54) is 6.33 Å². The number of nitrogens with zero attached hydrogens (tertiary/aromatic N) is 5. The Morgan fingerprint density at radius 1 is 1.14 bits per heavy atom. The lowest BCUT2D eigenvalue weighted by molar-refractivity contribution is 0.253. The first-order valence-electron chi connectivity index (χ1n) is 11.3. The van der Waals surface area contributed by atoms with Gasteiger partial charge < -0.3 is 15.6 Å². The maximum absolute atomic E-state index is 13.9. The molecule has 0 fully saturated rings. The number of aliphatic hydroxyl groups is 1. The fraction of sp³-hybridized carbons (Fsp3) is 0.185. The number of anilines is 1. The van der Waals surface area contributed by atoms with Gasteiger partial charge in [-0.2, -0.15) is 5.10 Å². The monoisotopic (exact) mass is 480 g/mol. The van der Waals surface area contributed by atoms with Crippen LogP contribution in [0.5, 0.6) is 5.75 Å². The molecule has 0 spiro atoms. The first kappa shape index (κ1) is 23.1. The van der Waals surface area contributed by atoms with Gasteiger partial charge in [0.25, 0.3) is 5.56 Å². The van der Waals surface area contributed by atoms with Gasteiger partial charge in [0.2, 0.25) is 0 Å². The summed E-state index contributed by atoms with van der Waals surface area (Å²) in [6, 6.07) is 15.1. The molecule has 3 aromatic heterocycles. The fourth-order valence-corrected chi connectivity index (χ4v) is 4.34. The summed E-state index contributed by atoms with van der Waals surface area (Å²) >= 11 is 0. The van der Waals surface area contributed by atoms with Crippen LogP contribution in [-0.4, -0.2) is 42.6 Å². The molecule has 0 amide bonds. The number of hydrogen-bond donors (Lipinski definition) is 2. The zero-order valence-electron chi connectivity index (χ0n) is 20.1. The molecule has 9 nitrogen and oxygen atoms in total. The summed E-state index contributed by atoms with van der Waals surface area (Å²) in [5.74, 6) is 6.36. The number of ether oxygens (including phenoxy) is 1. The minimum absolute atomic E-state index is 0.162. The Labute approximate surface area is 206 Å². The fourth-order valence-electron chi connectivity index (χ4n) is 4.34. The van der Waals surface area contributed by atoms with E-state index < -0.39 is 6.10 Å². The molecule has 0 saturated carbocycles. The number of fused-ring (bicyclic) bond motifs is 2. The molecule has 0 radical (unpaired) electrons. The van der Waals surface area contributed by atoms with E-state index in [0.29, 0.717) is 39.2 Å². The SMILES string of the molecule is COc1ccccc1-n1c(Cn2nc(C#C[C@@H](C)O)c3c(N)ncnc32)cc2cccc(C)c2c1=O. The molecule has 0 bridgehead atoms. The zero-order valence-corrected chi connectivity index (χ0v) is 20.1. The molecule has 0 aliphatic heterocycles. The van der Waals surface area contributed by atoms with Crippen LogP contribution in [-0.2, 0) is 6.54 Å². The normalized spacial score (nSPS) is 11.9. The average Bonchev–Trinajstić information content (AvgIpc) is 3.21. The summed E-state index contributed by atoms with van der Waals surface area (Å²) in [5, 5.41) is 16.2. The third-order valence-electron chi connectivity index (χ3n) is 5.93. The number of methoxy groups -OCH3 is 1. The Bertz CT molecular complexity index is 1740. The van der Waals surface area contributed by atoms with Gasteiger partial charge in [0, 0.05) is 5.69 Å². The number of nitrogens with two attached hydrogens (primary N) is 1. The van der Waals surface area contributed by atoms with Crippen LogP contribution in [0.2, 0.25) is 0 Å². The molecule has 5 rings (SSSR count). The van der Waals surface area contributed by atoms with Crippen LogP contribution in [0.15, 0.2) is 59.7 Å². The van der Waals surface area contributed by atoms with E-state index in [0.717, 1.165) is 10.9 Å². The van der Waals surface area contributed by atoms with E-state index in [1.807, 2.05) is 55.5 Å². The molecular formula is C27H24N6O3. The van der Waals surface area contributed by atoms with E-state index >= 15 is 0 Å². The van der Waals surface area contributed by atoms with Gasteiger partial charge in [-0.25, -0.2) is 14.6 Å². The van der Waals surface area contributed by atoms with Gasteiger partial charge in [-0.1, -0.05) is 36.3 Å². The highest BCUT2D eigenvalue weighted by molar-refractivity contribution is 5.90. The molecule has 9 heteroatoms. The second-order valence-corrected chi connectivity index (χ2v) is 8.40. The minimum atomic E-state index is -0.837. The van der Waals surface area contributed by atoms with Crippen LogP contribution < -0.4 is 16.0 Å². The molecule has 3 heterocycles. The number of aliphatic hydroxyl groups excluding tert-OH is 1. The van der Waals surface area contributed by atoms with Crippen molar-refractivity contribution in [3.8, 4) is 23.3 Å². The summed E-state index contributed by atoms with van der Waals surface area (Å²) in [6.07, 6.45) is 0.522. The van der Waals surface area contributed by atoms with Crippen molar-refractivity contribution >= 4 is 27.6 Å². The molecule has 1 atom stereocenters. The predicted molar refractivity (Wildman–Crippen MR) is 138 cm³/mol. The van der Waals surface area contributed by atoms with Crippen LogP contribution in [0.1, 0.15) is 23.9 Å². The molecular weight excluding hydrogens is 456 g/mol. The number of benzene rings is 2. The topological polar surface area (TPSA) is 121 Å². The summed E-state index contributed by atoms with van der Waals surface area (Å²) < 4.78 is 8.87. The number of para-hydroxylation sites is 2. The third-order valence-corrected chi connectivity index (χ3v) is 5.93. The Kier molecular flexibility index (Phi) is 5.88. The number of rotatable bonds is 4. The van der Waals surface area contributed by atoms with Crippen molar-refractivity contribution in [3.63, 3.8) is 0 Å². The van der Waals surface area contributed by atoms with Crippen molar-refractivity contribution in [1.29, 1.82) is 0 Å². The molecule has 180 valence electrons. The number of pyridine rings is 1. The van der Waals surface area contributed by atoms with Crippen LogP contribution in [0.25, 0.3) is 27.5 Å².